The summed E-state index contributed by atoms with van der Waals surface area (Å²) in [5.74, 6) is -0.454. The van der Waals surface area contributed by atoms with Crippen molar-refractivity contribution in [1.82, 2.24) is 0 Å². The first kappa shape index (κ1) is 12.1. The molecule has 0 amide bonds. The number of hydrogen-bond acceptors (Lipinski definition) is 3. The van der Waals surface area contributed by atoms with Gasteiger partial charge in [-0.15, -0.1) is 11.6 Å². The third-order valence-corrected chi connectivity index (χ3v) is 3.23. The fraction of sp³-hybridized carbons (Fsp3) is 0.100. The lowest BCUT2D eigenvalue weighted by molar-refractivity contribution is 0.102. The van der Waals surface area contributed by atoms with E-state index in [2.05, 4.69) is 0 Å². The Hall–Kier alpha value is -0.930. The Kier molecular flexibility index (Phi) is 4.24. The van der Waals surface area contributed by atoms with E-state index in [4.69, 9.17) is 16.9 Å². The number of halogens is 2. The third kappa shape index (κ3) is 2.55. The zero-order chi connectivity index (χ0) is 11.4. The molecule has 0 aliphatic carbocycles. The highest BCUT2D eigenvalue weighted by atomic mass is 127. The van der Waals surface area contributed by atoms with E-state index in [9.17, 15) is 9.59 Å². The minimum atomic E-state index is -0.290. The van der Waals surface area contributed by atoms with Gasteiger partial charge in [-0.25, -0.2) is 0 Å². The number of ketones is 1. The topological polar surface area (TPSA) is 57.9 Å². The molecule has 1 aromatic carbocycles. The number of alkyl halides is 1. The molecule has 0 aliphatic heterocycles. The highest BCUT2D eigenvalue weighted by Crippen LogP contribution is 2.19. The average Bonchev–Trinajstić information content (AvgIpc) is 2.28. The molecule has 0 bridgehead atoms. The van der Waals surface area contributed by atoms with Crippen LogP contribution in [0.3, 0.4) is 0 Å². The Labute approximate surface area is 105 Å². The van der Waals surface area contributed by atoms with Gasteiger partial charge >= 0.3 is 0 Å². The predicted octanol–water partition coefficient (Wildman–Crippen LogP) is 2.40. The van der Waals surface area contributed by atoms with Crippen LogP contribution in [-0.4, -0.2) is 17.9 Å². The summed E-state index contributed by atoms with van der Waals surface area (Å²) in [7, 11) is 0. The van der Waals surface area contributed by atoms with Crippen molar-refractivity contribution in [3.05, 3.63) is 32.4 Å². The maximum atomic E-state index is 11.4. The van der Waals surface area contributed by atoms with Gasteiger partial charge in [-0.3, -0.25) is 9.59 Å². The first-order valence-corrected chi connectivity index (χ1v) is 5.53. The van der Waals surface area contributed by atoms with Gasteiger partial charge in [0.05, 0.1) is 17.5 Å². The number of carbonyl (C=O) groups is 2. The summed E-state index contributed by atoms with van der Waals surface area (Å²) in [4.78, 5) is 22.1. The molecule has 76 valence electrons. The summed E-state index contributed by atoms with van der Waals surface area (Å²) in [5.41, 5.74) is 0.945. The van der Waals surface area contributed by atoms with Gasteiger partial charge in [0.15, 0.2) is 12.1 Å². The molecule has 0 aromatic heterocycles. The molecule has 1 rings (SSSR count). The molecule has 0 unspecified atom stereocenters. The van der Waals surface area contributed by atoms with Crippen molar-refractivity contribution in [2.75, 3.05) is 5.88 Å². The molecule has 0 N–H and O–H groups in total. The van der Waals surface area contributed by atoms with Crippen LogP contribution in [0.4, 0.5) is 0 Å². The van der Waals surface area contributed by atoms with E-state index in [0.29, 0.717) is 21.0 Å². The van der Waals surface area contributed by atoms with E-state index in [1.54, 1.807) is 0 Å². The van der Waals surface area contributed by atoms with Crippen LogP contribution in [-0.2, 0) is 0 Å². The minimum Gasteiger partial charge on any atom is -0.298 e. The highest BCUT2D eigenvalue weighted by molar-refractivity contribution is 14.1. The molecule has 0 atom stereocenters. The van der Waals surface area contributed by atoms with Crippen LogP contribution in [0, 0.1) is 14.9 Å². The van der Waals surface area contributed by atoms with Gasteiger partial charge in [-0.2, -0.15) is 5.26 Å². The molecule has 0 saturated heterocycles. The zero-order valence-electron chi connectivity index (χ0n) is 7.46. The van der Waals surface area contributed by atoms with Crippen LogP contribution in [0.5, 0.6) is 0 Å². The summed E-state index contributed by atoms with van der Waals surface area (Å²) in [5, 5.41) is 8.71. The molecule has 0 saturated carbocycles. The normalized spacial score (nSPS) is 9.40. The summed E-state index contributed by atoms with van der Waals surface area (Å²) in [6.07, 6.45) is 0.619. The third-order valence-electron chi connectivity index (χ3n) is 1.78. The number of hydrogen-bond donors (Lipinski definition) is 0. The smallest absolute Gasteiger partial charge is 0.178 e. The molecular weight excluding hydrogens is 328 g/mol. The lowest BCUT2D eigenvalue weighted by Crippen LogP contribution is -2.06. The maximum absolute atomic E-state index is 11.4. The first-order chi connectivity index (χ1) is 7.13. The molecule has 5 heteroatoms. The standard InChI is InChI=1S/C10H5ClINO2/c11-3-9(15)8-2-6(4-13)1-7(5-14)10(8)12/h1-2,5H,3H2. The van der Waals surface area contributed by atoms with Crippen LogP contribution < -0.4 is 0 Å². The second-order valence-corrected chi connectivity index (χ2v) is 4.06. The van der Waals surface area contributed by atoms with Crippen LogP contribution in [0.25, 0.3) is 0 Å². The Balaban J connectivity index is 3.45. The highest BCUT2D eigenvalue weighted by Gasteiger charge is 2.13. The van der Waals surface area contributed by atoms with E-state index in [0.717, 1.165) is 0 Å². The van der Waals surface area contributed by atoms with Crippen molar-refractivity contribution >= 4 is 46.3 Å². The van der Waals surface area contributed by atoms with Crippen LogP contribution >= 0.6 is 34.2 Å². The molecule has 15 heavy (non-hydrogen) atoms. The van der Waals surface area contributed by atoms with Crippen molar-refractivity contribution in [3.8, 4) is 6.07 Å². The van der Waals surface area contributed by atoms with E-state index in [-0.39, 0.29) is 17.2 Å². The lowest BCUT2D eigenvalue weighted by Gasteiger charge is -2.04. The van der Waals surface area contributed by atoms with Crippen molar-refractivity contribution in [2.45, 2.75) is 0 Å². The Morgan fingerprint density at radius 2 is 2.27 bits per heavy atom. The molecule has 0 aliphatic rings. The molecule has 0 heterocycles. The lowest BCUT2D eigenvalue weighted by atomic mass is 10.0. The number of rotatable bonds is 3. The van der Waals surface area contributed by atoms with Gasteiger partial charge < -0.3 is 0 Å². The van der Waals surface area contributed by atoms with Crippen molar-refractivity contribution in [2.24, 2.45) is 0 Å². The Morgan fingerprint density at radius 1 is 1.60 bits per heavy atom. The van der Waals surface area contributed by atoms with Gasteiger partial charge in [0.2, 0.25) is 0 Å². The summed E-state index contributed by atoms with van der Waals surface area (Å²) in [6.45, 7) is 0. The van der Waals surface area contributed by atoms with Gasteiger partial charge in [-0.1, -0.05) is 0 Å². The minimum absolute atomic E-state index is 0.164. The quantitative estimate of drug-likeness (QED) is 0.369. The number of benzene rings is 1. The monoisotopic (exact) mass is 333 g/mol. The maximum Gasteiger partial charge on any atom is 0.178 e. The van der Waals surface area contributed by atoms with Gasteiger partial charge in [-0.05, 0) is 34.7 Å². The molecule has 0 fully saturated rings. The van der Waals surface area contributed by atoms with E-state index in [1.807, 2.05) is 28.7 Å². The van der Waals surface area contributed by atoms with E-state index in [1.165, 1.54) is 12.1 Å². The average molecular weight is 334 g/mol. The van der Waals surface area contributed by atoms with Crippen molar-refractivity contribution < 1.29 is 9.59 Å². The number of nitriles is 1. The van der Waals surface area contributed by atoms with E-state index >= 15 is 0 Å². The number of Topliss-reactive ketones (excluding diaryl/α,β-unsaturated/α-hetero) is 1. The fourth-order valence-electron chi connectivity index (χ4n) is 1.07. The predicted molar refractivity (Wildman–Crippen MR) is 64.3 cm³/mol. The Morgan fingerprint density at radius 3 is 2.73 bits per heavy atom. The number of aldehydes is 1. The van der Waals surface area contributed by atoms with Crippen LogP contribution in [0.15, 0.2) is 12.1 Å². The molecule has 0 spiro atoms. The summed E-state index contributed by atoms with van der Waals surface area (Å²) in [6, 6.07) is 4.78. The van der Waals surface area contributed by atoms with Gasteiger partial charge in [0.1, 0.15) is 0 Å². The second kappa shape index (κ2) is 5.24. The first-order valence-electron chi connectivity index (χ1n) is 3.92. The zero-order valence-corrected chi connectivity index (χ0v) is 10.4. The van der Waals surface area contributed by atoms with Gasteiger partial charge in [0, 0.05) is 14.7 Å². The van der Waals surface area contributed by atoms with Crippen molar-refractivity contribution in [1.29, 1.82) is 5.26 Å². The van der Waals surface area contributed by atoms with Gasteiger partial charge in [0.25, 0.3) is 0 Å². The molecule has 3 nitrogen and oxygen atoms in total. The number of nitrogens with zero attached hydrogens (tertiary/aromatic N) is 1. The molecular formula is C10H5ClINO2. The molecule has 1 aromatic rings. The summed E-state index contributed by atoms with van der Waals surface area (Å²) < 4.78 is 0.534. The van der Waals surface area contributed by atoms with Crippen LogP contribution in [0.2, 0.25) is 0 Å². The Bertz CT molecular complexity index is 465. The fourth-order valence-corrected chi connectivity index (χ4v) is 1.96. The van der Waals surface area contributed by atoms with E-state index < -0.39 is 0 Å². The summed E-state index contributed by atoms with van der Waals surface area (Å²) >= 11 is 7.32. The van der Waals surface area contributed by atoms with Crippen LogP contribution in [0.1, 0.15) is 26.3 Å². The number of carbonyl (C=O) groups excluding carboxylic acids is 2. The van der Waals surface area contributed by atoms with Crippen molar-refractivity contribution in [3.63, 3.8) is 0 Å². The second-order valence-electron chi connectivity index (χ2n) is 2.71. The largest absolute Gasteiger partial charge is 0.298 e. The molecule has 0 radical (unpaired) electrons. The SMILES string of the molecule is N#Cc1cc(C=O)c(I)c(C(=O)CCl)c1.